The molecule has 3 rings (SSSR count). The molecule has 5 heteroatoms. The highest BCUT2D eigenvalue weighted by molar-refractivity contribution is 9.10. The molecule has 2 aromatic carbocycles. The predicted octanol–water partition coefficient (Wildman–Crippen LogP) is 4.25. The van der Waals surface area contributed by atoms with Crippen LogP contribution < -0.4 is 5.32 Å². The van der Waals surface area contributed by atoms with E-state index in [9.17, 15) is 9.59 Å². The summed E-state index contributed by atoms with van der Waals surface area (Å²) < 4.78 is 0.974. The van der Waals surface area contributed by atoms with Crippen molar-refractivity contribution in [2.45, 2.75) is 44.7 Å². The molecule has 2 unspecified atom stereocenters. The summed E-state index contributed by atoms with van der Waals surface area (Å²) >= 11 is 3.43. The molecule has 1 heterocycles. The molecule has 142 valence electrons. The van der Waals surface area contributed by atoms with Crippen LogP contribution in [0, 0.1) is 0 Å². The summed E-state index contributed by atoms with van der Waals surface area (Å²) in [5.41, 5.74) is 2.20. The van der Waals surface area contributed by atoms with Crippen molar-refractivity contribution >= 4 is 27.7 Å². The van der Waals surface area contributed by atoms with E-state index >= 15 is 0 Å². The minimum absolute atomic E-state index is 0.107. The van der Waals surface area contributed by atoms with Crippen molar-refractivity contribution in [3.05, 3.63) is 70.2 Å². The molecule has 0 aliphatic carbocycles. The first-order valence-corrected chi connectivity index (χ1v) is 10.2. The van der Waals surface area contributed by atoms with Crippen molar-refractivity contribution in [2.75, 3.05) is 6.54 Å². The fraction of sp³-hybridized carbons (Fsp3) is 0.364. The number of nitrogens with zero attached hydrogens (tertiary/aromatic N) is 1. The largest absolute Gasteiger partial charge is 0.349 e. The molecule has 0 saturated carbocycles. The van der Waals surface area contributed by atoms with E-state index in [4.69, 9.17) is 0 Å². The Morgan fingerprint density at radius 1 is 1.15 bits per heavy atom. The molecule has 4 nitrogen and oxygen atoms in total. The van der Waals surface area contributed by atoms with Crippen molar-refractivity contribution in [3.8, 4) is 0 Å². The molecular weight excluding hydrogens is 404 g/mol. The first-order chi connectivity index (χ1) is 13.0. The second-order valence-corrected chi connectivity index (χ2v) is 8.00. The van der Waals surface area contributed by atoms with Gasteiger partial charge in [-0.1, -0.05) is 58.4 Å². The van der Waals surface area contributed by atoms with Gasteiger partial charge in [-0.25, -0.2) is 0 Å². The van der Waals surface area contributed by atoms with Crippen molar-refractivity contribution in [1.29, 1.82) is 0 Å². The van der Waals surface area contributed by atoms with Gasteiger partial charge in [0.15, 0.2) is 0 Å². The minimum Gasteiger partial charge on any atom is -0.349 e. The lowest BCUT2D eigenvalue weighted by molar-refractivity contribution is -0.132. The van der Waals surface area contributed by atoms with Gasteiger partial charge in [-0.2, -0.15) is 0 Å². The van der Waals surface area contributed by atoms with Crippen molar-refractivity contribution in [1.82, 2.24) is 10.2 Å². The number of hydrogen-bond donors (Lipinski definition) is 1. The van der Waals surface area contributed by atoms with Crippen molar-refractivity contribution in [2.24, 2.45) is 0 Å². The summed E-state index contributed by atoms with van der Waals surface area (Å²) in [6.07, 6.45) is 3.23. The highest BCUT2D eigenvalue weighted by Crippen LogP contribution is 2.26. The van der Waals surface area contributed by atoms with E-state index in [0.29, 0.717) is 0 Å². The lowest BCUT2D eigenvalue weighted by Crippen LogP contribution is -2.39. The van der Waals surface area contributed by atoms with Gasteiger partial charge in [0.2, 0.25) is 11.8 Å². The Labute approximate surface area is 169 Å². The van der Waals surface area contributed by atoms with Crippen molar-refractivity contribution < 1.29 is 9.59 Å². The Morgan fingerprint density at radius 2 is 1.85 bits per heavy atom. The highest BCUT2D eigenvalue weighted by Gasteiger charge is 2.30. The Morgan fingerprint density at radius 3 is 2.52 bits per heavy atom. The molecule has 0 spiro atoms. The van der Waals surface area contributed by atoms with E-state index in [-0.39, 0.29) is 30.3 Å². The zero-order valence-corrected chi connectivity index (χ0v) is 17.1. The molecule has 1 N–H and O–H groups in total. The maximum Gasteiger partial charge on any atom is 0.225 e. The van der Waals surface area contributed by atoms with Crippen LogP contribution in [0.15, 0.2) is 59.1 Å². The normalized spacial score (nSPS) is 17.6. The quantitative estimate of drug-likeness (QED) is 0.747. The van der Waals surface area contributed by atoms with Crippen LogP contribution in [0.3, 0.4) is 0 Å². The SMILES string of the molecule is CC(=O)NC(CC(=O)N1CCCC1Cc1ccccc1)c1ccc(Br)cc1. The third kappa shape index (κ3) is 5.42. The van der Waals surface area contributed by atoms with Gasteiger partial charge >= 0.3 is 0 Å². The Bertz CT molecular complexity index is 777. The average Bonchev–Trinajstić information content (AvgIpc) is 3.10. The van der Waals surface area contributed by atoms with Gasteiger partial charge < -0.3 is 10.2 Å². The van der Waals surface area contributed by atoms with E-state index in [2.05, 4.69) is 33.4 Å². The van der Waals surface area contributed by atoms with E-state index in [0.717, 1.165) is 35.8 Å². The Kier molecular flexibility index (Phi) is 6.67. The van der Waals surface area contributed by atoms with Crippen LogP contribution in [0.1, 0.15) is 43.4 Å². The van der Waals surface area contributed by atoms with E-state index in [1.54, 1.807) is 0 Å². The standard InChI is InChI=1S/C22H25BrN2O2/c1-16(26)24-21(18-9-11-19(23)12-10-18)15-22(27)25-13-5-8-20(25)14-17-6-3-2-4-7-17/h2-4,6-7,9-12,20-21H,5,8,13-15H2,1H3,(H,24,26). The summed E-state index contributed by atoms with van der Waals surface area (Å²) in [5.74, 6) is -0.0203. The molecule has 0 radical (unpaired) electrons. The maximum atomic E-state index is 13.0. The second kappa shape index (κ2) is 9.18. The average molecular weight is 429 g/mol. The molecule has 1 fully saturated rings. The summed E-state index contributed by atoms with van der Waals surface area (Å²) in [4.78, 5) is 26.7. The molecule has 27 heavy (non-hydrogen) atoms. The van der Waals surface area contributed by atoms with Gasteiger partial charge in [-0.05, 0) is 42.5 Å². The summed E-state index contributed by atoms with van der Waals surface area (Å²) in [6, 6.07) is 18.0. The van der Waals surface area contributed by atoms with Gasteiger partial charge in [0, 0.05) is 24.0 Å². The summed E-state index contributed by atoms with van der Waals surface area (Å²) in [5, 5.41) is 2.93. The van der Waals surface area contributed by atoms with Gasteiger partial charge in [0.25, 0.3) is 0 Å². The number of carbonyl (C=O) groups is 2. The molecule has 1 aliphatic heterocycles. The summed E-state index contributed by atoms with van der Waals surface area (Å²) in [6.45, 7) is 2.29. The predicted molar refractivity (Wildman–Crippen MR) is 110 cm³/mol. The van der Waals surface area contributed by atoms with Crippen LogP contribution in [-0.4, -0.2) is 29.3 Å². The number of carbonyl (C=O) groups excluding carboxylic acids is 2. The lowest BCUT2D eigenvalue weighted by atomic mass is 10.0. The number of rotatable bonds is 6. The molecule has 0 bridgehead atoms. The smallest absolute Gasteiger partial charge is 0.225 e. The van der Waals surface area contributed by atoms with E-state index in [1.165, 1.54) is 12.5 Å². The summed E-state index contributed by atoms with van der Waals surface area (Å²) in [7, 11) is 0. The van der Waals surface area contributed by atoms with Gasteiger partial charge in [-0.15, -0.1) is 0 Å². The fourth-order valence-electron chi connectivity index (χ4n) is 3.75. The first-order valence-electron chi connectivity index (χ1n) is 9.39. The number of likely N-dealkylation sites (tertiary alicyclic amines) is 1. The van der Waals surface area contributed by atoms with Crippen LogP contribution in [-0.2, 0) is 16.0 Å². The van der Waals surface area contributed by atoms with Crippen LogP contribution >= 0.6 is 15.9 Å². The molecule has 2 amide bonds. The van der Waals surface area contributed by atoms with Gasteiger partial charge in [0.1, 0.15) is 0 Å². The number of hydrogen-bond acceptors (Lipinski definition) is 2. The van der Waals surface area contributed by atoms with Crippen LogP contribution in [0.4, 0.5) is 0 Å². The number of amides is 2. The molecule has 2 atom stereocenters. The van der Waals surface area contributed by atoms with Gasteiger partial charge in [0.05, 0.1) is 12.5 Å². The number of halogens is 1. The van der Waals surface area contributed by atoms with E-state index < -0.39 is 0 Å². The highest BCUT2D eigenvalue weighted by atomic mass is 79.9. The van der Waals surface area contributed by atoms with Crippen molar-refractivity contribution in [3.63, 3.8) is 0 Å². The topological polar surface area (TPSA) is 49.4 Å². The minimum atomic E-state index is -0.305. The second-order valence-electron chi connectivity index (χ2n) is 7.08. The third-order valence-electron chi connectivity index (χ3n) is 5.04. The maximum absolute atomic E-state index is 13.0. The van der Waals surface area contributed by atoms with Crippen LogP contribution in [0.25, 0.3) is 0 Å². The molecular formula is C22H25BrN2O2. The Balaban J connectivity index is 1.70. The number of benzene rings is 2. The lowest BCUT2D eigenvalue weighted by Gasteiger charge is -2.27. The fourth-order valence-corrected chi connectivity index (χ4v) is 4.01. The monoisotopic (exact) mass is 428 g/mol. The van der Waals surface area contributed by atoms with Gasteiger partial charge in [-0.3, -0.25) is 9.59 Å². The van der Waals surface area contributed by atoms with Crippen LogP contribution in [0.2, 0.25) is 0 Å². The zero-order chi connectivity index (χ0) is 19.2. The first kappa shape index (κ1) is 19.6. The Hall–Kier alpha value is -2.14. The number of nitrogens with one attached hydrogen (secondary N) is 1. The van der Waals surface area contributed by atoms with Crippen LogP contribution in [0.5, 0.6) is 0 Å². The molecule has 0 aromatic heterocycles. The van der Waals surface area contributed by atoms with E-state index in [1.807, 2.05) is 47.4 Å². The third-order valence-corrected chi connectivity index (χ3v) is 5.57. The zero-order valence-electron chi connectivity index (χ0n) is 15.5. The molecule has 2 aromatic rings. The molecule has 1 saturated heterocycles. The molecule has 1 aliphatic rings.